The van der Waals surface area contributed by atoms with Gasteiger partial charge in [0.2, 0.25) is 23.2 Å². The fraction of sp³-hybridized carbons (Fsp3) is 0.318. The van der Waals surface area contributed by atoms with Crippen LogP contribution in [0.15, 0.2) is 33.5 Å². The Morgan fingerprint density at radius 3 is 2.26 bits per heavy atom. The highest BCUT2D eigenvalue weighted by Gasteiger charge is 2.44. The SMILES string of the molecule is COc1cc(O)c2c(=O)c(OC3OC(C)C(O)C(O)C3O)c(-c3ccc(O)c(O)c3)oc2c1O. The van der Waals surface area contributed by atoms with Gasteiger partial charge in [-0.3, -0.25) is 4.79 Å². The highest BCUT2D eigenvalue weighted by molar-refractivity contribution is 5.93. The molecule has 4 rings (SSSR count). The number of aliphatic hydroxyl groups is 3. The molecule has 0 saturated carbocycles. The first kappa shape index (κ1) is 23.4. The maximum absolute atomic E-state index is 13.4. The molecule has 1 fully saturated rings. The van der Waals surface area contributed by atoms with Gasteiger partial charge in [-0.05, 0) is 25.1 Å². The van der Waals surface area contributed by atoms with Gasteiger partial charge in [0.25, 0.3) is 0 Å². The number of benzene rings is 2. The van der Waals surface area contributed by atoms with Crippen molar-refractivity contribution >= 4 is 11.0 Å². The molecule has 1 saturated heterocycles. The molecule has 12 heteroatoms. The Kier molecular flexibility index (Phi) is 5.91. The first-order valence-electron chi connectivity index (χ1n) is 10.0. The molecule has 1 aromatic heterocycles. The summed E-state index contributed by atoms with van der Waals surface area (Å²) in [5.74, 6) is -3.43. The Morgan fingerprint density at radius 2 is 1.62 bits per heavy atom. The summed E-state index contributed by atoms with van der Waals surface area (Å²) in [4.78, 5) is 13.4. The van der Waals surface area contributed by atoms with Crippen LogP contribution < -0.4 is 14.9 Å². The molecule has 2 aromatic carbocycles. The fourth-order valence-electron chi connectivity index (χ4n) is 3.64. The van der Waals surface area contributed by atoms with Gasteiger partial charge in [0.1, 0.15) is 29.4 Å². The fourth-order valence-corrected chi connectivity index (χ4v) is 3.64. The molecule has 7 N–H and O–H groups in total. The monoisotopic (exact) mass is 478 g/mol. The van der Waals surface area contributed by atoms with E-state index in [1.54, 1.807) is 0 Å². The van der Waals surface area contributed by atoms with E-state index < -0.39 is 75.9 Å². The molecule has 0 radical (unpaired) electrons. The molecule has 0 spiro atoms. The lowest BCUT2D eigenvalue weighted by Crippen LogP contribution is -2.58. The molecular formula is C22H22O12. The summed E-state index contributed by atoms with van der Waals surface area (Å²) in [6.07, 6.45) is -7.50. The largest absolute Gasteiger partial charge is 0.507 e. The number of rotatable bonds is 4. The highest BCUT2D eigenvalue weighted by Crippen LogP contribution is 2.44. The van der Waals surface area contributed by atoms with Gasteiger partial charge in [-0.25, -0.2) is 0 Å². The maximum atomic E-state index is 13.4. The standard InChI is InChI=1S/C22H22O12/c1-7-14(26)17(29)18(30)22(32-7)34-21-16(28)13-11(25)6-12(31-2)15(27)20(13)33-19(21)8-3-4-9(23)10(24)5-8/h3-7,14,17-18,22-27,29-30H,1-2H3. The molecule has 2 heterocycles. The summed E-state index contributed by atoms with van der Waals surface area (Å²) >= 11 is 0. The van der Waals surface area contributed by atoms with Crippen LogP contribution >= 0.6 is 0 Å². The molecule has 0 aliphatic carbocycles. The normalized spacial score (nSPS) is 24.8. The number of fused-ring (bicyclic) bond motifs is 1. The van der Waals surface area contributed by atoms with Gasteiger partial charge in [-0.1, -0.05) is 0 Å². The van der Waals surface area contributed by atoms with Crippen LogP contribution in [0.4, 0.5) is 0 Å². The first-order chi connectivity index (χ1) is 16.0. The molecule has 1 aliphatic heterocycles. The van der Waals surface area contributed by atoms with Crippen molar-refractivity contribution in [1.29, 1.82) is 0 Å². The van der Waals surface area contributed by atoms with Crippen LogP contribution in [0, 0.1) is 0 Å². The van der Waals surface area contributed by atoms with E-state index in [9.17, 15) is 40.5 Å². The zero-order chi connectivity index (χ0) is 24.9. The highest BCUT2D eigenvalue weighted by atomic mass is 16.7. The number of aromatic hydroxyl groups is 4. The maximum Gasteiger partial charge on any atom is 0.239 e. The van der Waals surface area contributed by atoms with E-state index in [0.29, 0.717) is 0 Å². The summed E-state index contributed by atoms with van der Waals surface area (Å²) in [5.41, 5.74) is -1.46. The Bertz CT molecular complexity index is 1300. The van der Waals surface area contributed by atoms with E-state index in [-0.39, 0.29) is 17.1 Å². The van der Waals surface area contributed by atoms with E-state index in [4.69, 9.17) is 18.6 Å². The number of hydrogen-bond donors (Lipinski definition) is 7. The third-order valence-corrected chi connectivity index (χ3v) is 5.54. The summed E-state index contributed by atoms with van der Waals surface area (Å²) in [7, 11) is 1.22. The third kappa shape index (κ3) is 3.72. The number of phenols is 4. The van der Waals surface area contributed by atoms with E-state index in [1.807, 2.05) is 0 Å². The first-order valence-corrected chi connectivity index (χ1v) is 10.0. The molecule has 12 nitrogen and oxygen atoms in total. The predicted octanol–water partition coefficient (Wildman–Crippen LogP) is 0.497. The van der Waals surface area contributed by atoms with E-state index >= 15 is 0 Å². The minimum absolute atomic E-state index is 0.00457. The Hall–Kier alpha value is -3.71. The summed E-state index contributed by atoms with van der Waals surface area (Å²) in [6, 6.07) is 4.40. The molecule has 0 amide bonds. The second-order valence-electron chi connectivity index (χ2n) is 7.74. The summed E-state index contributed by atoms with van der Waals surface area (Å²) < 4.78 is 21.7. The van der Waals surface area contributed by atoms with E-state index in [2.05, 4.69) is 0 Å². The molecule has 182 valence electrons. The lowest BCUT2D eigenvalue weighted by molar-refractivity contribution is -0.268. The topological polar surface area (TPSA) is 200 Å². The molecular weight excluding hydrogens is 456 g/mol. The van der Waals surface area contributed by atoms with Crippen molar-refractivity contribution in [3.05, 3.63) is 34.5 Å². The Morgan fingerprint density at radius 1 is 0.912 bits per heavy atom. The molecule has 5 unspecified atom stereocenters. The van der Waals surface area contributed by atoms with Crippen LogP contribution in [0.2, 0.25) is 0 Å². The van der Waals surface area contributed by atoms with Gasteiger partial charge in [-0.2, -0.15) is 0 Å². The van der Waals surface area contributed by atoms with Crippen LogP contribution in [0.1, 0.15) is 6.92 Å². The lowest BCUT2D eigenvalue weighted by atomic mass is 10.00. The van der Waals surface area contributed by atoms with Crippen molar-refractivity contribution in [2.24, 2.45) is 0 Å². The second kappa shape index (κ2) is 8.57. The predicted molar refractivity (Wildman–Crippen MR) is 114 cm³/mol. The van der Waals surface area contributed by atoms with Gasteiger partial charge < -0.3 is 54.4 Å². The van der Waals surface area contributed by atoms with Crippen molar-refractivity contribution in [1.82, 2.24) is 0 Å². The molecule has 0 bridgehead atoms. The summed E-state index contributed by atoms with van der Waals surface area (Å²) in [6.45, 7) is 1.41. The average molecular weight is 478 g/mol. The van der Waals surface area contributed by atoms with E-state index in [1.165, 1.54) is 20.1 Å². The van der Waals surface area contributed by atoms with Crippen molar-refractivity contribution < 1.29 is 54.4 Å². The van der Waals surface area contributed by atoms with Gasteiger partial charge in [0.05, 0.1) is 13.2 Å². The molecule has 34 heavy (non-hydrogen) atoms. The number of aliphatic hydroxyl groups excluding tert-OH is 3. The third-order valence-electron chi connectivity index (χ3n) is 5.54. The number of phenolic OH excluding ortho intramolecular Hbond substituents is 4. The van der Waals surface area contributed by atoms with Gasteiger partial charge >= 0.3 is 0 Å². The van der Waals surface area contributed by atoms with Gasteiger partial charge in [0.15, 0.2) is 28.6 Å². The van der Waals surface area contributed by atoms with Crippen LogP contribution in [0.3, 0.4) is 0 Å². The van der Waals surface area contributed by atoms with Gasteiger partial charge in [-0.15, -0.1) is 0 Å². The van der Waals surface area contributed by atoms with Crippen molar-refractivity contribution in [2.45, 2.75) is 37.6 Å². The molecule has 1 aliphatic rings. The van der Waals surface area contributed by atoms with Crippen LogP contribution in [-0.2, 0) is 4.74 Å². The lowest BCUT2D eigenvalue weighted by Gasteiger charge is -2.38. The van der Waals surface area contributed by atoms with Crippen molar-refractivity contribution in [3.8, 4) is 45.8 Å². The zero-order valence-corrected chi connectivity index (χ0v) is 17.9. The minimum atomic E-state index is -1.78. The summed E-state index contributed by atoms with van der Waals surface area (Å²) in [5, 5.41) is 70.3. The van der Waals surface area contributed by atoms with Crippen molar-refractivity contribution in [3.63, 3.8) is 0 Å². The number of methoxy groups -OCH3 is 1. The zero-order valence-electron chi connectivity index (χ0n) is 17.9. The average Bonchev–Trinajstić information content (AvgIpc) is 2.81. The van der Waals surface area contributed by atoms with Crippen LogP contribution in [0.25, 0.3) is 22.3 Å². The smallest absolute Gasteiger partial charge is 0.239 e. The molecule has 3 aromatic rings. The van der Waals surface area contributed by atoms with Gasteiger partial charge in [0, 0.05) is 11.6 Å². The quantitative estimate of drug-likeness (QED) is 0.203. The Labute approximate surface area is 191 Å². The number of ether oxygens (including phenoxy) is 3. The van der Waals surface area contributed by atoms with Crippen LogP contribution in [-0.4, -0.2) is 73.6 Å². The van der Waals surface area contributed by atoms with Crippen LogP contribution in [0.5, 0.6) is 34.5 Å². The number of hydrogen-bond acceptors (Lipinski definition) is 12. The Balaban J connectivity index is 1.97. The second-order valence-corrected chi connectivity index (χ2v) is 7.74. The molecule has 5 atom stereocenters. The van der Waals surface area contributed by atoms with E-state index in [0.717, 1.165) is 18.2 Å². The minimum Gasteiger partial charge on any atom is -0.507 e. The van der Waals surface area contributed by atoms with Crippen molar-refractivity contribution in [2.75, 3.05) is 7.11 Å².